The maximum absolute atomic E-state index is 12.8. The van der Waals surface area contributed by atoms with E-state index in [1.54, 1.807) is 0 Å². The van der Waals surface area contributed by atoms with Gasteiger partial charge in [-0.15, -0.1) is 0 Å². The number of rotatable bonds is 9. The molecule has 1 aromatic carbocycles. The second-order valence-electron chi connectivity index (χ2n) is 7.28. The summed E-state index contributed by atoms with van der Waals surface area (Å²) >= 11 is 0. The molecule has 148 valence electrons. The van der Waals surface area contributed by atoms with Crippen LogP contribution in [0.25, 0.3) is 5.57 Å². The Morgan fingerprint density at radius 1 is 1.32 bits per heavy atom. The maximum Gasteiger partial charge on any atom is 0.229 e. The highest BCUT2D eigenvalue weighted by atomic mass is 16.2. The van der Waals surface area contributed by atoms with Gasteiger partial charge in [0.25, 0.3) is 0 Å². The van der Waals surface area contributed by atoms with Crippen LogP contribution in [0.3, 0.4) is 0 Å². The first kappa shape index (κ1) is 21.5. The lowest BCUT2D eigenvalue weighted by Crippen LogP contribution is -2.43. The monoisotopic (exact) mass is 379 g/mol. The van der Waals surface area contributed by atoms with E-state index in [1.807, 2.05) is 63.4 Å². The number of allylic oxidation sites excluding steroid dienone is 3. The van der Waals surface area contributed by atoms with Gasteiger partial charge in [-0.2, -0.15) is 0 Å². The van der Waals surface area contributed by atoms with Gasteiger partial charge in [-0.3, -0.25) is 14.6 Å². The van der Waals surface area contributed by atoms with Crippen LogP contribution in [-0.2, 0) is 9.59 Å². The maximum atomic E-state index is 12.8. The molecule has 0 aliphatic carbocycles. The minimum atomic E-state index is -0.632. The SMILES string of the molecule is C/C=C(/C[C@H](C=N)C(=O)N[C@@H](CC1=CC(C)C=N1)C(C)=O)c1ccccc1C. The number of ketones is 1. The Bertz CT molecular complexity index is 836. The molecular formula is C23H29N3O2. The number of carbonyl (C=O) groups is 2. The first-order valence-electron chi connectivity index (χ1n) is 9.63. The number of Topliss-reactive ketones (excluding diaryl/α,β-unsaturated/α-hetero) is 1. The van der Waals surface area contributed by atoms with Crippen LogP contribution < -0.4 is 5.32 Å². The minimum Gasteiger partial charge on any atom is -0.345 e. The Morgan fingerprint density at radius 2 is 2.04 bits per heavy atom. The van der Waals surface area contributed by atoms with Crippen molar-refractivity contribution in [2.45, 2.75) is 46.6 Å². The molecule has 0 saturated heterocycles. The van der Waals surface area contributed by atoms with Gasteiger partial charge in [0, 0.05) is 30.5 Å². The zero-order valence-corrected chi connectivity index (χ0v) is 17.0. The lowest BCUT2D eigenvalue weighted by Gasteiger charge is -2.20. The molecule has 0 spiro atoms. The van der Waals surface area contributed by atoms with Gasteiger partial charge in [-0.1, -0.05) is 43.3 Å². The van der Waals surface area contributed by atoms with Crippen LogP contribution >= 0.6 is 0 Å². The van der Waals surface area contributed by atoms with Crippen molar-refractivity contribution in [3.8, 4) is 0 Å². The largest absolute Gasteiger partial charge is 0.345 e. The average molecular weight is 380 g/mol. The predicted molar refractivity (Wildman–Crippen MR) is 115 cm³/mol. The van der Waals surface area contributed by atoms with Crippen molar-refractivity contribution in [3.05, 3.63) is 53.2 Å². The van der Waals surface area contributed by atoms with Crippen molar-refractivity contribution in [2.75, 3.05) is 0 Å². The molecule has 0 saturated carbocycles. The topological polar surface area (TPSA) is 82.4 Å². The molecule has 0 aromatic heterocycles. The van der Waals surface area contributed by atoms with E-state index in [4.69, 9.17) is 5.41 Å². The Labute approximate surface area is 167 Å². The van der Waals surface area contributed by atoms with Gasteiger partial charge in [0.2, 0.25) is 5.91 Å². The highest BCUT2D eigenvalue weighted by Crippen LogP contribution is 2.25. The number of hydrogen-bond acceptors (Lipinski definition) is 4. The normalized spacial score (nSPS) is 18.4. The second-order valence-corrected chi connectivity index (χ2v) is 7.28. The summed E-state index contributed by atoms with van der Waals surface area (Å²) in [5, 5.41) is 10.6. The molecule has 3 atom stereocenters. The summed E-state index contributed by atoms with van der Waals surface area (Å²) in [5.74, 6) is -0.803. The van der Waals surface area contributed by atoms with E-state index in [2.05, 4.69) is 10.3 Å². The number of aliphatic imine (C=N–C) groups is 1. The first-order chi connectivity index (χ1) is 13.3. The number of benzene rings is 1. The zero-order valence-electron chi connectivity index (χ0n) is 17.0. The van der Waals surface area contributed by atoms with E-state index >= 15 is 0 Å². The van der Waals surface area contributed by atoms with Gasteiger partial charge in [0.15, 0.2) is 5.78 Å². The molecule has 2 N–H and O–H groups in total. The molecule has 1 amide bonds. The number of carbonyl (C=O) groups excluding carboxylic acids is 2. The third-order valence-electron chi connectivity index (χ3n) is 4.97. The molecule has 5 heteroatoms. The quantitative estimate of drug-likeness (QED) is 0.633. The summed E-state index contributed by atoms with van der Waals surface area (Å²) in [5.41, 5.74) is 4.03. The van der Waals surface area contributed by atoms with Crippen LogP contribution in [0.5, 0.6) is 0 Å². The van der Waals surface area contributed by atoms with Crippen LogP contribution in [0.4, 0.5) is 0 Å². The Kier molecular flexibility index (Phi) is 7.61. The van der Waals surface area contributed by atoms with Crippen molar-refractivity contribution >= 4 is 29.7 Å². The van der Waals surface area contributed by atoms with E-state index in [9.17, 15) is 9.59 Å². The standard InChI is InChI=1S/C23H29N3O2/c1-5-18(21-9-7-6-8-16(21)3)11-19(13-24)23(28)26-22(17(4)27)12-20-10-15(2)14-25-20/h5-10,13-15,19,22,24H,11-12H2,1-4H3,(H,26,28)/b18-5-,24-13?/t15?,19-,22+/m1/s1. The van der Waals surface area contributed by atoms with Crippen LogP contribution in [0.2, 0.25) is 0 Å². The van der Waals surface area contributed by atoms with E-state index in [-0.39, 0.29) is 17.6 Å². The summed E-state index contributed by atoms with van der Waals surface area (Å²) in [4.78, 5) is 29.1. The number of nitrogens with one attached hydrogen (secondary N) is 2. The molecule has 0 bridgehead atoms. The fraction of sp³-hybridized carbons (Fsp3) is 0.391. The molecule has 1 aliphatic rings. The van der Waals surface area contributed by atoms with Gasteiger partial charge in [-0.25, -0.2) is 0 Å². The van der Waals surface area contributed by atoms with Crippen molar-refractivity contribution in [2.24, 2.45) is 16.8 Å². The second kappa shape index (κ2) is 9.93. The van der Waals surface area contributed by atoms with Crippen molar-refractivity contribution < 1.29 is 9.59 Å². The molecule has 28 heavy (non-hydrogen) atoms. The van der Waals surface area contributed by atoms with Crippen LogP contribution in [0.1, 0.15) is 44.7 Å². The van der Waals surface area contributed by atoms with Crippen molar-refractivity contribution in [3.63, 3.8) is 0 Å². The molecule has 0 fully saturated rings. The third kappa shape index (κ3) is 5.59. The average Bonchev–Trinajstić information content (AvgIpc) is 3.07. The third-order valence-corrected chi connectivity index (χ3v) is 4.97. The van der Waals surface area contributed by atoms with E-state index in [0.29, 0.717) is 12.8 Å². The molecule has 1 aliphatic heterocycles. The highest BCUT2D eigenvalue weighted by Gasteiger charge is 2.25. The molecule has 1 aromatic rings. The fourth-order valence-corrected chi connectivity index (χ4v) is 3.29. The van der Waals surface area contributed by atoms with E-state index in [0.717, 1.165) is 28.6 Å². The summed E-state index contributed by atoms with van der Waals surface area (Å²) in [6.07, 6.45) is 7.75. The molecule has 0 radical (unpaired) electrons. The Hall–Kier alpha value is -2.82. The van der Waals surface area contributed by atoms with E-state index < -0.39 is 12.0 Å². The van der Waals surface area contributed by atoms with Crippen LogP contribution in [0, 0.1) is 24.2 Å². The molecule has 1 unspecified atom stereocenters. The van der Waals surface area contributed by atoms with Gasteiger partial charge >= 0.3 is 0 Å². The van der Waals surface area contributed by atoms with Gasteiger partial charge in [0.1, 0.15) is 0 Å². The Morgan fingerprint density at radius 3 is 2.57 bits per heavy atom. The van der Waals surface area contributed by atoms with Gasteiger partial charge in [-0.05, 0) is 43.9 Å². The zero-order chi connectivity index (χ0) is 20.7. The summed E-state index contributed by atoms with van der Waals surface area (Å²) < 4.78 is 0. The van der Waals surface area contributed by atoms with Gasteiger partial charge in [0.05, 0.1) is 12.0 Å². The van der Waals surface area contributed by atoms with E-state index in [1.165, 1.54) is 6.92 Å². The summed E-state index contributed by atoms with van der Waals surface area (Å²) in [6.45, 7) is 7.45. The fourth-order valence-electron chi connectivity index (χ4n) is 3.29. The van der Waals surface area contributed by atoms with Crippen LogP contribution in [-0.4, -0.2) is 30.2 Å². The van der Waals surface area contributed by atoms with Crippen molar-refractivity contribution in [1.29, 1.82) is 5.41 Å². The number of hydrogen-bond donors (Lipinski definition) is 2. The molecular weight excluding hydrogens is 350 g/mol. The van der Waals surface area contributed by atoms with Crippen LogP contribution in [0.15, 0.2) is 47.1 Å². The minimum absolute atomic E-state index is 0.113. The predicted octanol–water partition coefficient (Wildman–Crippen LogP) is 4.12. The molecule has 1 heterocycles. The highest BCUT2D eigenvalue weighted by molar-refractivity contribution is 5.97. The lowest BCUT2D eigenvalue weighted by atomic mass is 9.91. The smallest absolute Gasteiger partial charge is 0.229 e. The molecule has 5 nitrogen and oxygen atoms in total. The van der Waals surface area contributed by atoms with Crippen molar-refractivity contribution in [1.82, 2.24) is 5.32 Å². The van der Waals surface area contributed by atoms with Gasteiger partial charge < -0.3 is 10.7 Å². The number of nitrogens with zero attached hydrogens (tertiary/aromatic N) is 1. The first-order valence-corrected chi connectivity index (χ1v) is 9.63. The molecule has 2 rings (SSSR count). The summed E-state index contributed by atoms with van der Waals surface area (Å²) in [6, 6.07) is 7.37. The Balaban J connectivity index is 2.09. The number of amides is 1. The number of aryl methyl sites for hydroxylation is 1. The summed E-state index contributed by atoms with van der Waals surface area (Å²) in [7, 11) is 0. The lowest BCUT2D eigenvalue weighted by molar-refractivity contribution is -0.128.